The third-order valence-electron chi connectivity index (χ3n) is 3.93. The van der Waals surface area contributed by atoms with E-state index in [0.717, 1.165) is 25.7 Å². The number of carboxylic acid groups (broad SMARTS) is 1. The first-order chi connectivity index (χ1) is 10.5. The Labute approximate surface area is 134 Å². The molecule has 120 valence electrons. The van der Waals surface area contributed by atoms with E-state index in [1.165, 1.54) is 0 Å². The molecular formula is C16H20ClNO4. The zero-order valence-electron chi connectivity index (χ0n) is 12.3. The summed E-state index contributed by atoms with van der Waals surface area (Å²) >= 11 is 5.77. The molecule has 0 aliphatic heterocycles. The van der Waals surface area contributed by atoms with Crippen molar-refractivity contribution in [1.82, 2.24) is 5.32 Å². The van der Waals surface area contributed by atoms with Crippen molar-refractivity contribution in [3.63, 3.8) is 0 Å². The second-order valence-corrected chi connectivity index (χ2v) is 6.03. The van der Waals surface area contributed by atoms with Crippen LogP contribution in [0.25, 0.3) is 0 Å². The number of ether oxygens (including phenoxy) is 1. The van der Waals surface area contributed by atoms with Crippen LogP contribution in [0.4, 0.5) is 0 Å². The lowest BCUT2D eigenvalue weighted by Crippen LogP contribution is -2.55. The molecule has 1 amide bonds. The third-order valence-corrected chi connectivity index (χ3v) is 4.18. The number of amides is 1. The Kier molecular flexibility index (Phi) is 5.66. The largest absolute Gasteiger partial charge is 0.484 e. The Bertz CT molecular complexity index is 521. The molecule has 1 aliphatic rings. The van der Waals surface area contributed by atoms with Gasteiger partial charge in [-0.15, -0.1) is 0 Å². The van der Waals surface area contributed by atoms with Gasteiger partial charge in [-0.2, -0.15) is 0 Å². The quantitative estimate of drug-likeness (QED) is 0.816. The summed E-state index contributed by atoms with van der Waals surface area (Å²) in [6.07, 6.45) is 4.57. The molecule has 1 aliphatic carbocycles. The highest BCUT2D eigenvalue weighted by Crippen LogP contribution is 2.27. The molecule has 0 saturated heterocycles. The fourth-order valence-electron chi connectivity index (χ4n) is 2.71. The number of carbonyl (C=O) groups excluding carboxylic acids is 1. The Morgan fingerprint density at radius 1 is 1.14 bits per heavy atom. The molecular weight excluding hydrogens is 306 g/mol. The summed E-state index contributed by atoms with van der Waals surface area (Å²) < 4.78 is 5.36. The minimum Gasteiger partial charge on any atom is -0.484 e. The van der Waals surface area contributed by atoms with Crippen molar-refractivity contribution in [2.24, 2.45) is 0 Å². The molecule has 1 aromatic rings. The van der Waals surface area contributed by atoms with Crippen LogP contribution in [0.15, 0.2) is 24.3 Å². The second kappa shape index (κ2) is 7.49. The molecule has 0 bridgehead atoms. The predicted molar refractivity (Wildman–Crippen MR) is 83.2 cm³/mol. The van der Waals surface area contributed by atoms with Gasteiger partial charge in [0.15, 0.2) is 6.61 Å². The number of halogens is 1. The van der Waals surface area contributed by atoms with Crippen LogP contribution in [0.5, 0.6) is 5.75 Å². The molecule has 1 saturated carbocycles. The van der Waals surface area contributed by atoms with Gasteiger partial charge in [-0.1, -0.05) is 37.3 Å². The fourth-order valence-corrected chi connectivity index (χ4v) is 2.83. The first-order valence-electron chi connectivity index (χ1n) is 7.45. The molecule has 5 nitrogen and oxygen atoms in total. The lowest BCUT2D eigenvalue weighted by Gasteiger charge is -2.29. The van der Waals surface area contributed by atoms with Crippen LogP contribution in [-0.4, -0.2) is 29.1 Å². The lowest BCUT2D eigenvalue weighted by atomic mass is 9.90. The molecule has 0 aromatic heterocycles. The highest BCUT2D eigenvalue weighted by Gasteiger charge is 2.40. The van der Waals surface area contributed by atoms with Gasteiger partial charge in [0.05, 0.1) is 0 Å². The van der Waals surface area contributed by atoms with Crippen LogP contribution in [0.1, 0.15) is 38.5 Å². The van der Waals surface area contributed by atoms with Crippen molar-refractivity contribution < 1.29 is 19.4 Å². The summed E-state index contributed by atoms with van der Waals surface area (Å²) in [5, 5.41) is 12.8. The van der Waals surface area contributed by atoms with Crippen molar-refractivity contribution in [2.75, 3.05) is 6.61 Å². The van der Waals surface area contributed by atoms with Crippen molar-refractivity contribution in [3.8, 4) is 5.75 Å². The van der Waals surface area contributed by atoms with Crippen molar-refractivity contribution in [3.05, 3.63) is 29.3 Å². The Balaban J connectivity index is 1.93. The number of carbonyl (C=O) groups is 2. The fraction of sp³-hybridized carbons (Fsp3) is 0.500. The van der Waals surface area contributed by atoms with E-state index in [9.17, 15) is 14.7 Å². The van der Waals surface area contributed by atoms with Crippen molar-refractivity contribution >= 4 is 23.5 Å². The van der Waals surface area contributed by atoms with Gasteiger partial charge in [0.1, 0.15) is 11.3 Å². The van der Waals surface area contributed by atoms with E-state index in [2.05, 4.69) is 5.32 Å². The predicted octanol–water partition coefficient (Wildman–Crippen LogP) is 3.01. The summed E-state index contributed by atoms with van der Waals surface area (Å²) in [7, 11) is 0. The highest BCUT2D eigenvalue weighted by molar-refractivity contribution is 6.30. The molecule has 2 N–H and O–H groups in total. The van der Waals surface area contributed by atoms with Gasteiger partial charge >= 0.3 is 5.97 Å². The molecule has 22 heavy (non-hydrogen) atoms. The number of nitrogens with one attached hydrogen (secondary N) is 1. The van der Waals surface area contributed by atoms with E-state index < -0.39 is 17.4 Å². The van der Waals surface area contributed by atoms with Gasteiger partial charge in [0.25, 0.3) is 5.91 Å². The second-order valence-electron chi connectivity index (χ2n) is 5.59. The molecule has 1 fully saturated rings. The van der Waals surface area contributed by atoms with Gasteiger partial charge in [-0.3, -0.25) is 4.79 Å². The molecule has 6 heteroatoms. The summed E-state index contributed by atoms with van der Waals surface area (Å²) in [5.41, 5.74) is -1.16. The van der Waals surface area contributed by atoms with Gasteiger partial charge in [-0.25, -0.2) is 4.79 Å². The highest BCUT2D eigenvalue weighted by atomic mass is 35.5. The summed E-state index contributed by atoms with van der Waals surface area (Å²) in [5.74, 6) is -0.863. The monoisotopic (exact) mass is 325 g/mol. The van der Waals surface area contributed by atoms with Crippen molar-refractivity contribution in [2.45, 2.75) is 44.1 Å². The number of hydrogen-bond donors (Lipinski definition) is 2. The average molecular weight is 326 g/mol. The maximum atomic E-state index is 12.0. The average Bonchev–Trinajstić information content (AvgIpc) is 2.73. The van der Waals surface area contributed by atoms with Crippen LogP contribution in [0, 0.1) is 0 Å². The SMILES string of the molecule is O=C(COc1ccc(Cl)cc1)NC1(C(=O)O)CCCCCC1. The van der Waals surface area contributed by atoms with E-state index in [0.29, 0.717) is 23.6 Å². The van der Waals surface area contributed by atoms with E-state index >= 15 is 0 Å². The Morgan fingerprint density at radius 3 is 2.27 bits per heavy atom. The smallest absolute Gasteiger partial charge is 0.329 e. The zero-order valence-corrected chi connectivity index (χ0v) is 13.1. The van der Waals surface area contributed by atoms with E-state index in [1.807, 2.05) is 0 Å². The van der Waals surface area contributed by atoms with Crippen LogP contribution >= 0.6 is 11.6 Å². The number of aliphatic carboxylic acids is 1. The minimum atomic E-state index is -1.16. The van der Waals surface area contributed by atoms with E-state index in [4.69, 9.17) is 16.3 Å². The lowest BCUT2D eigenvalue weighted by molar-refractivity contribution is -0.148. The van der Waals surface area contributed by atoms with Gasteiger partial charge < -0.3 is 15.2 Å². The number of rotatable bonds is 5. The maximum absolute atomic E-state index is 12.0. The molecule has 0 unspecified atom stereocenters. The summed E-state index contributed by atoms with van der Waals surface area (Å²) in [6, 6.07) is 6.65. The van der Waals surface area contributed by atoms with E-state index in [1.54, 1.807) is 24.3 Å². The van der Waals surface area contributed by atoms with Crippen molar-refractivity contribution in [1.29, 1.82) is 0 Å². The molecule has 0 spiro atoms. The molecule has 0 heterocycles. The summed E-state index contributed by atoms with van der Waals surface area (Å²) in [6.45, 7) is -0.212. The van der Waals surface area contributed by atoms with Crippen LogP contribution < -0.4 is 10.1 Å². The van der Waals surface area contributed by atoms with Crippen LogP contribution in [0.3, 0.4) is 0 Å². The molecule has 1 aromatic carbocycles. The topological polar surface area (TPSA) is 75.6 Å². The van der Waals surface area contributed by atoms with E-state index in [-0.39, 0.29) is 6.61 Å². The van der Waals surface area contributed by atoms with Gasteiger partial charge in [0.2, 0.25) is 0 Å². The standard InChI is InChI=1S/C16H20ClNO4/c17-12-5-7-13(8-6-12)22-11-14(19)18-16(15(20)21)9-3-1-2-4-10-16/h5-8H,1-4,9-11H2,(H,18,19)(H,20,21). The first kappa shape index (κ1) is 16.6. The minimum absolute atomic E-state index is 0.212. The third kappa shape index (κ3) is 4.37. The Hall–Kier alpha value is -1.75. The molecule has 2 rings (SSSR count). The normalized spacial score (nSPS) is 17.3. The maximum Gasteiger partial charge on any atom is 0.329 e. The Morgan fingerprint density at radius 2 is 1.73 bits per heavy atom. The summed E-state index contributed by atoms with van der Waals surface area (Å²) in [4.78, 5) is 23.7. The number of hydrogen-bond acceptors (Lipinski definition) is 3. The van der Waals surface area contributed by atoms with Gasteiger partial charge in [0, 0.05) is 5.02 Å². The zero-order chi connectivity index (χ0) is 16.0. The van der Waals surface area contributed by atoms with Crippen LogP contribution in [0.2, 0.25) is 5.02 Å². The molecule has 0 radical (unpaired) electrons. The number of benzene rings is 1. The number of carboxylic acids is 1. The van der Waals surface area contributed by atoms with Crippen LogP contribution in [-0.2, 0) is 9.59 Å². The molecule has 0 atom stereocenters. The first-order valence-corrected chi connectivity index (χ1v) is 7.82. The van der Waals surface area contributed by atoms with Gasteiger partial charge in [-0.05, 0) is 37.1 Å².